The summed E-state index contributed by atoms with van der Waals surface area (Å²) < 4.78 is 23.3. The number of sulfonamides is 1. The minimum Gasteiger partial charge on any atom is -0.494 e. The minimum absolute atomic E-state index is 0.0725. The third-order valence-corrected chi connectivity index (χ3v) is 3.96. The van der Waals surface area contributed by atoms with Gasteiger partial charge in [-0.2, -0.15) is 0 Å². The third kappa shape index (κ3) is 3.55. The molecule has 0 amide bonds. The Labute approximate surface area is 130 Å². The number of hydrogen-bond donors (Lipinski definition) is 3. The molecule has 10 heteroatoms. The van der Waals surface area contributed by atoms with E-state index in [4.69, 9.17) is 5.14 Å². The van der Waals surface area contributed by atoms with Gasteiger partial charge in [-0.15, -0.1) is 0 Å². The van der Waals surface area contributed by atoms with Gasteiger partial charge < -0.3 is 5.11 Å². The Morgan fingerprint density at radius 3 is 2.43 bits per heavy atom. The first kappa shape index (κ1) is 16.6. The van der Waals surface area contributed by atoms with E-state index in [1.165, 1.54) is 24.3 Å². The molecule has 0 aliphatic rings. The van der Waals surface area contributed by atoms with Gasteiger partial charge in [-0.3, -0.25) is 19.3 Å². The normalized spacial score (nSPS) is 11.9. The highest BCUT2D eigenvalue weighted by Gasteiger charge is 2.11. The van der Waals surface area contributed by atoms with E-state index in [-0.39, 0.29) is 17.0 Å². The summed E-state index contributed by atoms with van der Waals surface area (Å²) >= 11 is 0. The molecule has 0 radical (unpaired) electrons. The molecule has 0 saturated carbocycles. The summed E-state index contributed by atoms with van der Waals surface area (Å²) in [6.07, 6.45) is 1.09. The molecule has 1 aromatic heterocycles. The molecule has 0 spiro atoms. The standard InChI is InChI=1S/C13H14N4O5S/c1-2-17-12(19)10(11(18)16-13(17)20)7-15-8-3-5-9(6-4-8)23(14,21)22/h3-7,19H,2H2,1H3,(H2,14,21,22)(H,16,18,20). The summed E-state index contributed by atoms with van der Waals surface area (Å²) in [7, 11) is -3.80. The number of aromatic amines is 1. The van der Waals surface area contributed by atoms with E-state index in [2.05, 4.69) is 9.98 Å². The smallest absolute Gasteiger partial charge is 0.331 e. The number of H-pyrrole nitrogens is 1. The van der Waals surface area contributed by atoms with Crippen LogP contribution in [-0.4, -0.2) is 29.3 Å². The fourth-order valence-electron chi connectivity index (χ4n) is 1.85. The van der Waals surface area contributed by atoms with Gasteiger partial charge in [0.25, 0.3) is 5.56 Å². The van der Waals surface area contributed by atoms with Gasteiger partial charge in [0.1, 0.15) is 5.56 Å². The van der Waals surface area contributed by atoms with Crippen LogP contribution in [-0.2, 0) is 16.6 Å². The number of benzene rings is 1. The Hall–Kier alpha value is -2.72. The molecule has 0 atom stereocenters. The molecule has 0 fully saturated rings. The summed E-state index contributed by atoms with van der Waals surface area (Å²) in [5.41, 5.74) is -1.33. The molecule has 9 nitrogen and oxygen atoms in total. The maximum Gasteiger partial charge on any atom is 0.331 e. The number of hydrogen-bond acceptors (Lipinski definition) is 6. The van der Waals surface area contributed by atoms with E-state index in [1.807, 2.05) is 0 Å². The molecule has 0 aliphatic heterocycles. The topological polar surface area (TPSA) is 148 Å². The number of aromatic nitrogens is 2. The number of aliphatic imine (C=N–C) groups is 1. The number of primary sulfonamides is 1. The van der Waals surface area contributed by atoms with Crippen LogP contribution in [0.4, 0.5) is 5.69 Å². The average Bonchev–Trinajstić information content (AvgIpc) is 2.46. The SMILES string of the molecule is CCn1c(O)c(C=Nc2ccc(S(N)(=O)=O)cc2)c(=O)[nH]c1=O. The monoisotopic (exact) mass is 338 g/mol. The van der Waals surface area contributed by atoms with Crippen molar-refractivity contribution in [2.45, 2.75) is 18.4 Å². The van der Waals surface area contributed by atoms with Crippen molar-refractivity contribution in [2.75, 3.05) is 0 Å². The Kier molecular flexibility index (Phi) is 4.48. The van der Waals surface area contributed by atoms with Crippen LogP contribution < -0.4 is 16.4 Å². The van der Waals surface area contributed by atoms with Gasteiger partial charge >= 0.3 is 5.69 Å². The molecule has 122 valence electrons. The van der Waals surface area contributed by atoms with Crippen molar-refractivity contribution in [3.8, 4) is 5.88 Å². The predicted octanol–water partition coefficient (Wildman–Crippen LogP) is -0.340. The number of nitrogens with two attached hydrogens (primary N) is 1. The third-order valence-electron chi connectivity index (χ3n) is 3.03. The number of aromatic hydroxyl groups is 1. The van der Waals surface area contributed by atoms with Gasteiger partial charge in [0.05, 0.1) is 10.6 Å². The Morgan fingerprint density at radius 2 is 1.91 bits per heavy atom. The van der Waals surface area contributed by atoms with Crippen molar-refractivity contribution in [1.29, 1.82) is 0 Å². The molecule has 0 unspecified atom stereocenters. The first-order valence-corrected chi connectivity index (χ1v) is 8.01. The van der Waals surface area contributed by atoms with Crippen molar-refractivity contribution in [3.05, 3.63) is 50.7 Å². The van der Waals surface area contributed by atoms with Crippen molar-refractivity contribution in [1.82, 2.24) is 9.55 Å². The highest BCUT2D eigenvalue weighted by Crippen LogP contribution is 2.16. The van der Waals surface area contributed by atoms with Crippen molar-refractivity contribution < 1.29 is 13.5 Å². The van der Waals surface area contributed by atoms with E-state index >= 15 is 0 Å². The molecule has 23 heavy (non-hydrogen) atoms. The van der Waals surface area contributed by atoms with Crippen LogP contribution in [0.5, 0.6) is 5.88 Å². The molecular weight excluding hydrogens is 324 g/mol. The van der Waals surface area contributed by atoms with Crippen LogP contribution in [0.3, 0.4) is 0 Å². The first-order chi connectivity index (χ1) is 10.7. The molecule has 0 saturated heterocycles. The number of rotatable bonds is 4. The van der Waals surface area contributed by atoms with Crippen molar-refractivity contribution >= 4 is 21.9 Å². The quantitative estimate of drug-likeness (QED) is 0.652. The lowest BCUT2D eigenvalue weighted by Crippen LogP contribution is -2.31. The maximum atomic E-state index is 11.7. The van der Waals surface area contributed by atoms with Gasteiger partial charge in [0, 0.05) is 12.8 Å². The zero-order chi connectivity index (χ0) is 17.2. The highest BCUT2D eigenvalue weighted by molar-refractivity contribution is 7.89. The predicted molar refractivity (Wildman–Crippen MR) is 83.7 cm³/mol. The zero-order valence-corrected chi connectivity index (χ0v) is 12.9. The zero-order valence-electron chi connectivity index (χ0n) is 12.1. The van der Waals surface area contributed by atoms with Gasteiger partial charge in [0.2, 0.25) is 15.9 Å². The summed E-state index contributed by atoms with van der Waals surface area (Å²) in [5, 5.41) is 14.9. The summed E-state index contributed by atoms with van der Waals surface area (Å²) in [5.74, 6) is -0.494. The molecule has 2 rings (SSSR count). The van der Waals surface area contributed by atoms with Gasteiger partial charge in [-0.25, -0.2) is 18.4 Å². The number of nitrogens with zero attached hydrogens (tertiary/aromatic N) is 2. The Bertz CT molecular complexity index is 971. The van der Waals surface area contributed by atoms with Gasteiger partial charge in [0.15, 0.2) is 0 Å². The lowest BCUT2D eigenvalue weighted by atomic mass is 10.3. The van der Waals surface area contributed by atoms with Gasteiger partial charge in [-0.1, -0.05) is 0 Å². The van der Waals surface area contributed by atoms with Crippen LogP contribution in [0.25, 0.3) is 0 Å². The molecule has 1 heterocycles. The number of nitrogens with one attached hydrogen (secondary N) is 1. The lowest BCUT2D eigenvalue weighted by Gasteiger charge is -2.06. The molecular formula is C13H14N4O5S. The summed E-state index contributed by atoms with van der Waals surface area (Å²) in [6, 6.07) is 5.30. The Balaban J connectivity index is 2.42. The fourth-order valence-corrected chi connectivity index (χ4v) is 2.36. The second-order valence-corrected chi connectivity index (χ2v) is 6.10. The van der Waals surface area contributed by atoms with E-state index in [0.29, 0.717) is 5.69 Å². The highest BCUT2D eigenvalue weighted by atomic mass is 32.2. The second kappa shape index (κ2) is 6.18. The Morgan fingerprint density at radius 1 is 1.30 bits per heavy atom. The molecule has 4 N–H and O–H groups in total. The largest absolute Gasteiger partial charge is 0.494 e. The van der Waals surface area contributed by atoms with Crippen LogP contribution >= 0.6 is 0 Å². The minimum atomic E-state index is -3.80. The fraction of sp³-hybridized carbons (Fsp3) is 0.154. The van der Waals surface area contributed by atoms with E-state index in [1.54, 1.807) is 6.92 Å². The summed E-state index contributed by atoms with van der Waals surface area (Å²) in [4.78, 5) is 29.2. The molecule has 0 bridgehead atoms. The van der Waals surface area contributed by atoms with Gasteiger partial charge in [-0.05, 0) is 31.2 Å². The summed E-state index contributed by atoms with van der Waals surface area (Å²) in [6.45, 7) is 1.80. The second-order valence-electron chi connectivity index (χ2n) is 4.54. The van der Waals surface area contributed by atoms with Crippen LogP contribution in [0.15, 0.2) is 43.7 Å². The lowest BCUT2D eigenvalue weighted by molar-refractivity contribution is 0.404. The molecule has 1 aromatic carbocycles. The maximum absolute atomic E-state index is 11.7. The van der Waals surface area contributed by atoms with E-state index in [9.17, 15) is 23.1 Å². The van der Waals surface area contributed by atoms with Crippen LogP contribution in [0.1, 0.15) is 12.5 Å². The molecule has 2 aromatic rings. The van der Waals surface area contributed by atoms with E-state index in [0.717, 1.165) is 10.8 Å². The van der Waals surface area contributed by atoms with E-state index < -0.39 is 27.2 Å². The average molecular weight is 338 g/mol. The van der Waals surface area contributed by atoms with Crippen molar-refractivity contribution in [2.24, 2.45) is 10.1 Å². The van der Waals surface area contributed by atoms with Crippen molar-refractivity contribution in [3.63, 3.8) is 0 Å². The van der Waals surface area contributed by atoms with Crippen LogP contribution in [0, 0.1) is 0 Å². The van der Waals surface area contributed by atoms with Crippen LogP contribution in [0.2, 0.25) is 0 Å². The first-order valence-electron chi connectivity index (χ1n) is 6.47. The molecule has 0 aliphatic carbocycles.